The molecule has 0 aliphatic carbocycles. The molecule has 0 aromatic rings. The van der Waals surface area contributed by atoms with Crippen molar-refractivity contribution < 1.29 is 18.9 Å². The third-order valence-corrected chi connectivity index (χ3v) is 6.95. The van der Waals surface area contributed by atoms with Gasteiger partial charge in [-0.2, -0.15) is 0 Å². The lowest BCUT2D eigenvalue weighted by Crippen LogP contribution is -2.58. The van der Waals surface area contributed by atoms with Gasteiger partial charge in [-0.05, 0) is 47.5 Å². The highest BCUT2D eigenvalue weighted by molar-refractivity contribution is 5.00. The zero-order valence-corrected chi connectivity index (χ0v) is 15.6. The van der Waals surface area contributed by atoms with Crippen molar-refractivity contribution in [2.45, 2.75) is 91.1 Å². The van der Waals surface area contributed by atoms with E-state index >= 15 is 0 Å². The summed E-state index contributed by atoms with van der Waals surface area (Å²) in [6.45, 7) is 18.3. The Morgan fingerprint density at radius 2 is 1.45 bits per heavy atom. The fraction of sp³-hybridized carbons (Fsp3) is 1.00. The van der Waals surface area contributed by atoms with Gasteiger partial charge in [0.25, 0.3) is 0 Å². The molecular formula is C18H34O4. The maximum Gasteiger partial charge on any atom is 0.148 e. The van der Waals surface area contributed by atoms with Crippen molar-refractivity contribution in [3.63, 3.8) is 0 Å². The lowest BCUT2D eigenvalue weighted by molar-refractivity contribution is -0.300. The van der Waals surface area contributed by atoms with Gasteiger partial charge >= 0.3 is 0 Å². The zero-order valence-electron chi connectivity index (χ0n) is 15.6. The monoisotopic (exact) mass is 314 g/mol. The minimum atomic E-state index is -0.209. The maximum absolute atomic E-state index is 6.07. The Balaban J connectivity index is 2.11. The molecule has 0 N–H and O–H groups in total. The molecule has 0 aromatic carbocycles. The molecule has 0 amide bonds. The average molecular weight is 314 g/mol. The van der Waals surface area contributed by atoms with Crippen LogP contribution >= 0.6 is 0 Å². The molecule has 0 spiro atoms. The molecule has 2 heterocycles. The quantitative estimate of drug-likeness (QED) is 0.785. The Labute approximate surface area is 135 Å². The van der Waals surface area contributed by atoms with Gasteiger partial charge in [0, 0.05) is 11.3 Å². The van der Waals surface area contributed by atoms with Crippen LogP contribution in [0, 0.1) is 11.3 Å². The average Bonchev–Trinajstić information content (AvgIpc) is 2.41. The minimum Gasteiger partial charge on any atom is -0.352 e. The molecule has 0 bridgehead atoms. The van der Waals surface area contributed by atoms with Crippen LogP contribution in [0.1, 0.15) is 68.2 Å². The van der Waals surface area contributed by atoms with Gasteiger partial charge < -0.3 is 18.9 Å². The highest BCUT2D eigenvalue weighted by Crippen LogP contribution is 2.48. The molecule has 2 aliphatic rings. The normalized spacial score (nSPS) is 44.7. The van der Waals surface area contributed by atoms with Crippen LogP contribution in [0.15, 0.2) is 0 Å². The smallest absolute Gasteiger partial charge is 0.148 e. The van der Waals surface area contributed by atoms with E-state index in [4.69, 9.17) is 18.9 Å². The van der Waals surface area contributed by atoms with Crippen LogP contribution in [0.2, 0.25) is 0 Å². The van der Waals surface area contributed by atoms with Crippen molar-refractivity contribution in [1.29, 1.82) is 0 Å². The Kier molecular flexibility index (Phi) is 4.73. The summed E-state index contributed by atoms with van der Waals surface area (Å²) in [6.07, 6.45) is 2.08. The first-order valence-corrected chi connectivity index (χ1v) is 8.48. The molecule has 0 saturated carbocycles. The molecule has 2 fully saturated rings. The van der Waals surface area contributed by atoms with Crippen LogP contribution in [0.25, 0.3) is 0 Å². The summed E-state index contributed by atoms with van der Waals surface area (Å²) in [5.74, 6) is 0.317. The molecule has 2 aliphatic heterocycles. The van der Waals surface area contributed by atoms with E-state index in [0.717, 1.165) is 12.8 Å². The van der Waals surface area contributed by atoms with Crippen molar-refractivity contribution in [1.82, 2.24) is 0 Å². The number of ether oxygens (including phenoxy) is 4. The third kappa shape index (κ3) is 2.95. The summed E-state index contributed by atoms with van der Waals surface area (Å²) in [5, 5.41) is 0. The maximum atomic E-state index is 6.07. The summed E-state index contributed by atoms with van der Waals surface area (Å²) >= 11 is 0. The van der Waals surface area contributed by atoms with Gasteiger partial charge in [0.2, 0.25) is 0 Å². The van der Waals surface area contributed by atoms with E-state index in [-0.39, 0.29) is 28.3 Å². The molecule has 4 nitrogen and oxygen atoms in total. The van der Waals surface area contributed by atoms with E-state index in [2.05, 4.69) is 55.4 Å². The number of hydrogen-bond acceptors (Lipinski definition) is 4. The van der Waals surface area contributed by atoms with Crippen LogP contribution < -0.4 is 0 Å². The molecule has 2 saturated heterocycles. The topological polar surface area (TPSA) is 36.9 Å². The third-order valence-electron chi connectivity index (χ3n) is 6.95. The van der Waals surface area contributed by atoms with Crippen molar-refractivity contribution in [3.05, 3.63) is 0 Å². The van der Waals surface area contributed by atoms with E-state index in [1.54, 1.807) is 0 Å². The van der Waals surface area contributed by atoms with Crippen LogP contribution in [-0.2, 0) is 18.9 Å². The van der Waals surface area contributed by atoms with Crippen LogP contribution in [-0.4, -0.2) is 36.5 Å². The fourth-order valence-electron chi connectivity index (χ4n) is 3.56. The van der Waals surface area contributed by atoms with Gasteiger partial charge in [-0.1, -0.05) is 20.8 Å². The predicted octanol–water partition coefficient (Wildman–Crippen LogP) is 4.12. The summed E-state index contributed by atoms with van der Waals surface area (Å²) < 4.78 is 23.6. The summed E-state index contributed by atoms with van der Waals surface area (Å²) in [6, 6.07) is 0. The van der Waals surface area contributed by atoms with Crippen molar-refractivity contribution in [2.75, 3.05) is 13.6 Å². The van der Waals surface area contributed by atoms with Crippen molar-refractivity contribution >= 4 is 0 Å². The largest absolute Gasteiger partial charge is 0.352 e. The molecule has 4 heteroatoms. The summed E-state index contributed by atoms with van der Waals surface area (Å²) in [5.41, 5.74) is -0.594. The van der Waals surface area contributed by atoms with Gasteiger partial charge in [0.1, 0.15) is 13.6 Å². The second-order valence-corrected chi connectivity index (χ2v) is 8.57. The van der Waals surface area contributed by atoms with Gasteiger partial charge in [-0.15, -0.1) is 0 Å². The molecule has 0 radical (unpaired) electrons. The lowest BCUT2D eigenvalue weighted by atomic mass is 9.66. The first-order chi connectivity index (χ1) is 9.95. The van der Waals surface area contributed by atoms with E-state index < -0.39 is 0 Å². The summed E-state index contributed by atoms with van der Waals surface area (Å²) in [4.78, 5) is 0. The number of hydrogen-bond donors (Lipinski definition) is 0. The van der Waals surface area contributed by atoms with E-state index in [1.807, 2.05) is 0 Å². The highest BCUT2D eigenvalue weighted by atomic mass is 16.7. The van der Waals surface area contributed by atoms with Gasteiger partial charge in [0.15, 0.2) is 0 Å². The van der Waals surface area contributed by atoms with Crippen molar-refractivity contribution in [2.24, 2.45) is 11.3 Å². The van der Waals surface area contributed by atoms with Gasteiger partial charge in [-0.25, -0.2) is 0 Å². The molecule has 0 aromatic heterocycles. The Morgan fingerprint density at radius 1 is 0.818 bits per heavy atom. The lowest BCUT2D eigenvalue weighted by Gasteiger charge is -2.53. The molecule has 4 unspecified atom stereocenters. The molecule has 2 rings (SSSR count). The van der Waals surface area contributed by atoms with E-state index in [0.29, 0.717) is 19.5 Å². The first-order valence-electron chi connectivity index (χ1n) is 8.48. The molecular weight excluding hydrogens is 280 g/mol. The van der Waals surface area contributed by atoms with Crippen LogP contribution in [0.3, 0.4) is 0 Å². The highest BCUT2D eigenvalue weighted by Gasteiger charge is 2.52. The second-order valence-electron chi connectivity index (χ2n) is 8.57. The van der Waals surface area contributed by atoms with Gasteiger partial charge in [0.05, 0.1) is 22.9 Å². The van der Waals surface area contributed by atoms with Crippen molar-refractivity contribution in [3.8, 4) is 0 Å². The fourth-order valence-corrected chi connectivity index (χ4v) is 3.56. The van der Waals surface area contributed by atoms with E-state index in [1.165, 1.54) is 0 Å². The zero-order chi connectivity index (χ0) is 16.8. The Hall–Kier alpha value is -0.160. The summed E-state index contributed by atoms with van der Waals surface area (Å²) in [7, 11) is 0. The van der Waals surface area contributed by atoms with Gasteiger partial charge in [-0.3, -0.25) is 0 Å². The number of rotatable bonds is 3. The first kappa shape index (κ1) is 18.2. The molecule has 22 heavy (non-hydrogen) atoms. The minimum absolute atomic E-state index is 0.0362. The standard InChI is InChI=1S/C18H34O4/c1-13-16(5,6)20-12-21-17(13,7)9-10-18(8)15(3,4)14(2)19-11-22-18/h13-14H,9-12H2,1-8H3. The predicted molar refractivity (Wildman–Crippen MR) is 86.6 cm³/mol. The van der Waals surface area contributed by atoms with E-state index in [9.17, 15) is 0 Å². The van der Waals surface area contributed by atoms with Crippen LogP contribution in [0.4, 0.5) is 0 Å². The Bertz CT molecular complexity index is 406. The SMILES string of the molecule is CC1C(C)(C)OCOC1(C)CCC1(C)OCOC(C)C1(C)C. The Morgan fingerprint density at radius 3 is 2.09 bits per heavy atom. The second kappa shape index (κ2) is 5.73. The van der Waals surface area contributed by atoms with Crippen LogP contribution in [0.5, 0.6) is 0 Å². The molecule has 4 atom stereocenters. The molecule has 130 valence electrons.